The molecule has 0 saturated heterocycles. The number of carbonyl (C=O) groups is 2. The lowest BCUT2D eigenvalue weighted by molar-refractivity contribution is -0.135. The smallest absolute Gasteiger partial charge is 0.312 e. The number of hydrogen-bond donors (Lipinski definition) is 1. The lowest BCUT2D eigenvalue weighted by atomic mass is 9.79. The second-order valence-electron chi connectivity index (χ2n) is 8.38. The zero-order chi connectivity index (χ0) is 21.6. The Balaban J connectivity index is 2.04. The molecule has 0 unspecified atom stereocenters. The molecular formula is C25H26O5. The van der Waals surface area contributed by atoms with E-state index in [1.54, 1.807) is 6.92 Å². The first-order valence-corrected chi connectivity index (χ1v) is 10.3. The minimum atomic E-state index is -0.376. The highest BCUT2D eigenvalue weighted by molar-refractivity contribution is 6.05. The van der Waals surface area contributed by atoms with Crippen LogP contribution >= 0.6 is 0 Å². The molecule has 0 fully saturated rings. The topological polar surface area (TPSA) is 72.8 Å². The maximum absolute atomic E-state index is 13.2. The van der Waals surface area contributed by atoms with Crippen molar-refractivity contribution in [2.75, 3.05) is 0 Å². The monoisotopic (exact) mass is 406 g/mol. The molecule has 2 aromatic rings. The largest absolute Gasteiger partial charge is 0.507 e. The fourth-order valence-corrected chi connectivity index (χ4v) is 4.17. The first-order valence-electron chi connectivity index (χ1n) is 10.3. The van der Waals surface area contributed by atoms with Crippen molar-refractivity contribution in [3.63, 3.8) is 0 Å². The number of aromatic hydroxyl groups is 1. The van der Waals surface area contributed by atoms with Gasteiger partial charge in [-0.1, -0.05) is 48.9 Å². The van der Waals surface area contributed by atoms with Gasteiger partial charge in [0, 0.05) is 17.0 Å². The Morgan fingerprint density at radius 1 is 1.13 bits per heavy atom. The number of benzene rings is 2. The number of ether oxygens (including phenoxy) is 2. The summed E-state index contributed by atoms with van der Waals surface area (Å²) in [7, 11) is 0. The van der Waals surface area contributed by atoms with Crippen LogP contribution in [0.15, 0.2) is 42.0 Å². The molecular weight excluding hydrogens is 380 g/mol. The molecule has 2 aliphatic rings. The SMILES string of the molecule is CC(C)=CCc1c(O)c2c(c3c1OC(=O)C[C@H]3c1ccccc1)O[C@@H](C)[C@H](C)C2=O. The molecule has 156 valence electrons. The second kappa shape index (κ2) is 7.63. The Hall–Kier alpha value is -3.08. The summed E-state index contributed by atoms with van der Waals surface area (Å²) in [6.45, 7) is 7.56. The molecule has 0 aliphatic carbocycles. The quantitative estimate of drug-likeness (QED) is 0.444. The lowest BCUT2D eigenvalue weighted by Crippen LogP contribution is -2.35. The van der Waals surface area contributed by atoms with E-state index in [0.717, 1.165) is 11.1 Å². The summed E-state index contributed by atoms with van der Waals surface area (Å²) < 4.78 is 11.8. The number of phenolic OH excluding ortho intramolecular Hbond substituents is 1. The highest BCUT2D eigenvalue weighted by Crippen LogP contribution is 2.53. The van der Waals surface area contributed by atoms with E-state index in [0.29, 0.717) is 29.0 Å². The summed E-state index contributed by atoms with van der Waals surface area (Å²) in [5.41, 5.74) is 3.34. The fourth-order valence-electron chi connectivity index (χ4n) is 4.17. The average Bonchev–Trinajstić information content (AvgIpc) is 2.71. The molecule has 0 bridgehead atoms. The Kier molecular flexibility index (Phi) is 5.14. The summed E-state index contributed by atoms with van der Waals surface area (Å²) >= 11 is 0. The number of hydrogen-bond acceptors (Lipinski definition) is 5. The number of phenols is 1. The Bertz CT molecular complexity index is 1050. The molecule has 1 N–H and O–H groups in total. The van der Waals surface area contributed by atoms with Gasteiger partial charge in [0.25, 0.3) is 0 Å². The van der Waals surface area contributed by atoms with Gasteiger partial charge in [0.2, 0.25) is 0 Å². The van der Waals surface area contributed by atoms with Crippen LogP contribution in [0, 0.1) is 5.92 Å². The van der Waals surface area contributed by atoms with Crippen LogP contribution in [0.25, 0.3) is 0 Å². The molecule has 2 aromatic carbocycles. The number of carbonyl (C=O) groups excluding carboxylic acids is 2. The maximum atomic E-state index is 13.2. The average molecular weight is 406 g/mol. The number of ketones is 1. The molecule has 0 saturated carbocycles. The Morgan fingerprint density at radius 3 is 2.50 bits per heavy atom. The number of Topliss-reactive ketones (excluding diaryl/α,β-unsaturated/α-hetero) is 1. The third kappa shape index (κ3) is 3.28. The fraction of sp³-hybridized carbons (Fsp3) is 0.360. The van der Waals surface area contributed by atoms with Crippen molar-refractivity contribution in [3.8, 4) is 17.2 Å². The van der Waals surface area contributed by atoms with Crippen molar-refractivity contribution in [1.29, 1.82) is 0 Å². The molecule has 2 aliphatic heterocycles. The summed E-state index contributed by atoms with van der Waals surface area (Å²) in [6.07, 6.45) is 2.11. The van der Waals surface area contributed by atoms with Gasteiger partial charge in [0.05, 0.1) is 12.3 Å². The van der Waals surface area contributed by atoms with Gasteiger partial charge < -0.3 is 14.6 Å². The predicted molar refractivity (Wildman–Crippen MR) is 113 cm³/mol. The summed E-state index contributed by atoms with van der Waals surface area (Å²) in [5.74, 6) is -0.672. The molecule has 5 nitrogen and oxygen atoms in total. The number of rotatable bonds is 3. The summed E-state index contributed by atoms with van der Waals surface area (Å²) in [4.78, 5) is 25.7. The maximum Gasteiger partial charge on any atom is 0.312 e. The van der Waals surface area contributed by atoms with E-state index in [1.807, 2.05) is 57.2 Å². The van der Waals surface area contributed by atoms with E-state index < -0.39 is 0 Å². The van der Waals surface area contributed by atoms with Crippen LogP contribution in [0.2, 0.25) is 0 Å². The summed E-state index contributed by atoms with van der Waals surface area (Å²) in [6, 6.07) is 9.67. The third-order valence-corrected chi connectivity index (χ3v) is 6.03. The summed E-state index contributed by atoms with van der Waals surface area (Å²) in [5, 5.41) is 11.1. The normalized spacial score (nSPS) is 22.5. The van der Waals surface area contributed by atoms with Gasteiger partial charge in [-0.25, -0.2) is 0 Å². The minimum absolute atomic E-state index is 0.147. The van der Waals surface area contributed by atoms with Crippen LogP contribution in [-0.2, 0) is 11.2 Å². The number of fused-ring (bicyclic) bond motifs is 3. The first kappa shape index (κ1) is 20.2. The van der Waals surface area contributed by atoms with Crippen molar-refractivity contribution in [3.05, 3.63) is 64.2 Å². The van der Waals surface area contributed by atoms with E-state index in [1.165, 1.54) is 0 Å². The van der Waals surface area contributed by atoms with Gasteiger partial charge >= 0.3 is 5.97 Å². The third-order valence-electron chi connectivity index (χ3n) is 6.03. The molecule has 30 heavy (non-hydrogen) atoms. The van der Waals surface area contributed by atoms with E-state index in [-0.39, 0.29) is 47.4 Å². The number of allylic oxidation sites excluding steroid dienone is 2. The highest BCUT2D eigenvalue weighted by atomic mass is 16.5. The van der Waals surface area contributed by atoms with Crippen molar-refractivity contribution < 1.29 is 24.2 Å². The molecule has 4 rings (SSSR count). The zero-order valence-electron chi connectivity index (χ0n) is 17.7. The molecule has 0 radical (unpaired) electrons. The molecule has 0 spiro atoms. The standard InChI is InChI=1S/C25H26O5/c1-13(2)10-11-17-23(28)21-22(27)14(3)15(4)29-25(21)20-18(12-19(26)30-24(17)20)16-8-6-5-7-9-16/h5-10,14-15,18,28H,11-12H2,1-4H3/t14-,15-,18-/m0/s1. The molecule has 3 atom stereocenters. The van der Waals surface area contributed by atoms with E-state index in [4.69, 9.17) is 9.47 Å². The van der Waals surface area contributed by atoms with Gasteiger partial charge in [-0.05, 0) is 32.8 Å². The van der Waals surface area contributed by atoms with Crippen molar-refractivity contribution in [1.82, 2.24) is 0 Å². The van der Waals surface area contributed by atoms with Crippen LogP contribution in [0.4, 0.5) is 0 Å². The van der Waals surface area contributed by atoms with Gasteiger partial charge in [-0.15, -0.1) is 0 Å². The van der Waals surface area contributed by atoms with Gasteiger partial charge in [-0.2, -0.15) is 0 Å². The van der Waals surface area contributed by atoms with Crippen LogP contribution in [-0.4, -0.2) is 23.0 Å². The second-order valence-corrected chi connectivity index (χ2v) is 8.38. The Labute approximate surface area is 176 Å². The van der Waals surface area contributed by atoms with Crippen LogP contribution < -0.4 is 9.47 Å². The zero-order valence-corrected chi connectivity index (χ0v) is 17.7. The minimum Gasteiger partial charge on any atom is -0.507 e. The first-order chi connectivity index (χ1) is 14.3. The molecule has 5 heteroatoms. The van der Waals surface area contributed by atoms with Crippen molar-refractivity contribution in [2.24, 2.45) is 5.92 Å². The van der Waals surface area contributed by atoms with E-state index in [2.05, 4.69) is 0 Å². The molecule has 0 aromatic heterocycles. The van der Waals surface area contributed by atoms with Crippen LogP contribution in [0.5, 0.6) is 17.2 Å². The lowest BCUT2D eigenvalue weighted by Gasteiger charge is -2.35. The molecule has 2 heterocycles. The highest BCUT2D eigenvalue weighted by Gasteiger charge is 2.43. The van der Waals surface area contributed by atoms with Gasteiger partial charge in [0.15, 0.2) is 5.78 Å². The van der Waals surface area contributed by atoms with Crippen molar-refractivity contribution in [2.45, 2.75) is 52.6 Å². The predicted octanol–water partition coefficient (Wildman–Crippen LogP) is 4.94. The van der Waals surface area contributed by atoms with E-state index >= 15 is 0 Å². The number of esters is 1. The van der Waals surface area contributed by atoms with Gasteiger partial charge in [0.1, 0.15) is 28.9 Å². The van der Waals surface area contributed by atoms with Crippen LogP contribution in [0.3, 0.4) is 0 Å². The molecule has 0 amide bonds. The van der Waals surface area contributed by atoms with Crippen molar-refractivity contribution >= 4 is 11.8 Å². The van der Waals surface area contributed by atoms with Gasteiger partial charge in [-0.3, -0.25) is 9.59 Å². The Morgan fingerprint density at radius 2 is 1.83 bits per heavy atom. The van der Waals surface area contributed by atoms with E-state index in [9.17, 15) is 14.7 Å². The van der Waals surface area contributed by atoms with Crippen LogP contribution in [0.1, 0.15) is 67.1 Å².